The molecule has 50 heavy (non-hydrogen) atoms. The summed E-state index contributed by atoms with van der Waals surface area (Å²) in [4.78, 5) is 23.4. The van der Waals surface area contributed by atoms with Gasteiger partial charge in [0.1, 0.15) is 6.10 Å². The first-order valence-electron chi connectivity index (χ1n) is 19.9. The number of rotatable bonds is 34. The van der Waals surface area contributed by atoms with Gasteiger partial charge in [-0.2, -0.15) is 0 Å². The maximum Gasteiger partial charge on any atom is 0.306 e. The second-order valence-electron chi connectivity index (χ2n) is 12.7. The van der Waals surface area contributed by atoms with Gasteiger partial charge in [0.15, 0.2) is 0 Å². The predicted octanol–water partition coefficient (Wildman–Crippen LogP) is 14.0. The predicted molar refractivity (Wildman–Crippen MR) is 217 cm³/mol. The summed E-state index contributed by atoms with van der Waals surface area (Å²) < 4.78 is 5.94. The van der Waals surface area contributed by atoms with Gasteiger partial charge < -0.3 is 9.84 Å². The molecule has 1 atom stereocenters. The van der Waals surface area contributed by atoms with Gasteiger partial charge >= 0.3 is 11.9 Å². The van der Waals surface area contributed by atoms with Crippen LogP contribution in [-0.4, -0.2) is 23.1 Å². The molecule has 0 bridgehead atoms. The van der Waals surface area contributed by atoms with Crippen LogP contribution in [0.25, 0.3) is 0 Å². The fourth-order valence-electron chi connectivity index (χ4n) is 5.14. The summed E-state index contributed by atoms with van der Waals surface area (Å²) in [7, 11) is 0. The molecule has 0 rings (SSSR count). The lowest BCUT2D eigenvalue weighted by Crippen LogP contribution is -2.18. The van der Waals surface area contributed by atoms with Crippen LogP contribution in [0.15, 0.2) is 109 Å². The Morgan fingerprint density at radius 1 is 0.440 bits per heavy atom. The van der Waals surface area contributed by atoms with Crippen LogP contribution in [0.5, 0.6) is 0 Å². The summed E-state index contributed by atoms with van der Waals surface area (Å²) in [6, 6.07) is 0. The molecule has 1 unspecified atom stereocenters. The summed E-state index contributed by atoms with van der Waals surface area (Å²) >= 11 is 0. The number of carbonyl (C=O) groups excluding carboxylic acids is 1. The minimum Gasteiger partial charge on any atom is -0.481 e. The molecule has 0 aliphatic carbocycles. The number of carboxylic acid groups (broad SMARTS) is 1. The van der Waals surface area contributed by atoms with Crippen molar-refractivity contribution in [1.29, 1.82) is 0 Å². The average molecular weight is 689 g/mol. The highest BCUT2D eigenvalue weighted by Gasteiger charge is 2.13. The molecule has 0 saturated carbocycles. The van der Waals surface area contributed by atoms with Crippen molar-refractivity contribution in [3.63, 3.8) is 0 Å². The standard InChI is InChI=1S/C46H72O4/c1-3-5-7-9-11-13-15-17-18-19-20-21-22-24-26-28-30-35-39-43-46(49)50-44(41-37-33-31-34-38-42-45(47)48)40-36-32-29-27-25-23-16-14-12-10-8-6-4-2/h5-8,11-14,17-18,20-21,23-26,29,32,44H,3-4,9-10,15-16,19,22,27-28,30-31,33-43H2,1-2H3,(H,47,48)/b7-5-,8-6-,13-11-,14-12-,18-17-,21-20-,25-23-,26-24-,32-29-. The Morgan fingerprint density at radius 2 is 0.820 bits per heavy atom. The van der Waals surface area contributed by atoms with E-state index in [4.69, 9.17) is 9.84 Å². The van der Waals surface area contributed by atoms with Crippen LogP contribution >= 0.6 is 0 Å². The van der Waals surface area contributed by atoms with E-state index in [-0.39, 0.29) is 18.5 Å². The normalized spacial score (nSPS) is 13.5. The first-order chi connectivity index (χ1) is 24.6. The maximum atomic E-state index is 12.7. The zero-order valence-corrected chi connectivity index (χ0v) is 31.9. The van der Waals surface area contributed by atoms with Crippen molar-refractivity contribution in [3.8, 4) is 0 Å². The van der Waals surface area contributed by atoms with E-state index in [1.807, 2.05) is 0 Å². The van der Waals surface area contributed by atoms with Gasteiger partial charge in [0, 0.05) is 12.8 Å². The van der Waals surface area contributed by atoms with Gasteiger partial charge in [-0.05, 0) is 109 Å². The van der Waals surface area contributed by atoms with E-state index in [1.165, 1.54) is 0 Å². The first-order valence-corrected chi connectivity index (χ1v) is 19.9. The molecule has 0 aliphatic rings. The van der Waals surface area contributed by atoms with E-state index < -0.39 is 5.97 Å². The molecule has 1 N–H and O–H groups in total. The number of ether oxygens (including phenoxy) is 1. The number of carbonyl (C=O) groups is 2. The third kappa shape index (κ3) is 39.0. The molecule has 0 amide bonds. The molecule has 0 aromatic rings. The number of allylic oxidation sites excluding steroid dienone is 18. The lowest BCUT2D eigenvalue weighted by molar-refractivity contribution is -0.150. The number of aliphatic carboxylic acids is 1. The second kappa shape index (κ2) is 40.0. The van der Waals surface area contributed by atoms with Gasteiger partial charge in [0.25, 0.3) is 0 Å². The molecule has 4 heteroatoms. The molecule has 0 fully saturated rings. The Hall–Kier alpha value is -3.40. The zero-order chi connectivity index (χ0) is 36.4. The highest BCUT2D eigenvalue weighted by atomic mass is 16.5. The van der Waals surface area contributed by atoms with Gasteiger partial charge in [0.05, 0.1) is 0 Å². The SMILES string of the molecule is CC/C=C\C/C=C\C/C=C\C/C=C\C/C=C\CCCCCC(=O)OC(CC/C=C\C/C=C\C/C=C\C/C=C\CC)CCCCCCCC(=O)O. The Kier molecular flexibility index (Phi) is 37.3. The maximum absolute atomic E-state index is 12.7. The van der Waals surface area contributed by atoms with Gasteiger partial charge in [0.2, 0.25) is 0 Å². The van der Waals surface area contributed by atoms with Crippen LogP contribution in [0.1, 0.15) is 162 Å². The Balaban J connectivity index is 4.26. The fourth-order valence-corrected chi connectivity index (χ4v) is 5.14. The fraction of sp³-hybridized carbons (Fsp3) is 0.565. The van der Waals surface area contributed by atoms with Crippen LogP contribution < -0.4 is 0 Å². The lowest BCUT2D eigenvalue weighted by atomic mass is 10.0. The molecule has 0 aromatic carbocycles. The Morgan fingerprint density at radius 3 is 1.30 bits per heavy atom. The topological polar surface area (TPSA) is 63.6 Å². The summed E-state index contributed by atoms with van der Waals surface area (Å²) in [5, 5.41) is 8.82. The van der Waals surface area contributed by atoms with Crippen molar-refractivity contribution in [2.45, 2.75) is 168 Å². The highest BCUT2D eigenvalue weighted by molar-refractivity contribution is 5.69. The van der Waals surface area contributed by atoms with E-state index in [9.17, 15) is 9.59 Å². The first kappa shape index (κ1) is 46.6. The van der Waals surface area contributed by atoms with Crippen LogP contribution in [-0.2, 0) is 14.3 Å². The number of hydrogen-bond donors (Lipinski definition) is 1. The smallest absolute Gasteiger partial charge is 0.306 e. The molecule has 0 spiro atoms. The van der Waals surface area contributed by atoms with Crippen LogP contribution in [0.3, 0.4) is 0 Å². The third-order valence-electron chi connectivity index (χ3n) is 8.00. The summed E-state index contributed by atoms with van der Waals surface area (Å²) in [5.41, 5.74) is 0. The van der Waals surface area contributed by atoms with E-state index in [2.05, 4.69) is 123 Å². The molecule has 0 heterocycles. The molecular weight excluding hydrogens is 617 g/mol. The highest BCUT2D eigenvalue weighted by Crippen LogP contribution is 2.16. The van der Waals surface area contributed by atoms with E-state index in [0.717, 1.165) is 135 Å². The molecule has 280 valence electrons. The third-order valence-corrected chi connectivity index (χ3v) is 8.00. The quantitative estimate of drug-likeness (QED) is 0.0415. The summed E-state index contributed by atoms with van der Waals surface area (Å²) in [6.07, 6.45) is 61.0. The number of esters is 1. The zero-order valence-electron chi connectivity index (χ0n) is 31.9. The Bertz CT molecular complexity index is 1050. The van der Waals surface area contributed by atoms with Gasteiger partial charge in [-0.1, -0.05) is 149 Å². The molecule has 0 aliphatic heterocycles. The van der Waals surface area contributed by atoms with Crippen molar-refractivity contribution < 1.29 is 19.4 Å². The van der Waals surface area contributed by atoms with Gasteiger partial charge in [-0.3, -0.25) is 9.59 Å². The van der Waals surface area contributed by atoms with E-state index in [0.29, 0.717) is 6.42 Å². The van der Waals surface area contributed by atoms with Gasteiger partial charge in [-0.25, -0.2) is 0 Å². The second-order valence-corrected chi connectivity index (χ2v) is 12.7. The van der Waals surface area contributed by atoms with E-state index >= 15 is 0 Å². The molecule has 0 saturated heterocycles. The molecule has 4 nitrogen and oxygen atoms in total. The van der Waals surface area contributed by atoms with Crippen molar-refractivity contribution >= 4 is 11.9 Å². The van der Waals surface area contributed by atoms with Crippen LogP contribution in [0.4, 0.5) is 0 Å². The number of hydrogen-bond acceptors (Lipinski definition) is 3. The average Bonchev–Trinajstić information content (AvgIpc) is 3.10. The Labute approximate surface area is 307 Å². The monoisotopic (exact) mass is 689 g/mol. The van der Waals surface area contributed by atoms with Crippen molar-refractivity contribution in [2.24, 2.45) is 0 Å². The number of unbranched alkanes of at least 4 members (excludes halogenated alkanes) is 7. The van der Waals surface area contributed by atoms with Crippen LogP contribution in [0.2, 0.25) is 0 Å². The molecular formula is C46H72O4. The van der Waals surface area contributed by atoms with Crippen LogP contribution in [0, 0.1) is 0 Å². The van der Waals surface area contributed by atoms with Crippen molar-refractivity contribution in [1.82, 2.24) is 0 Å². The summed E-state index contributed by atoms with van der Waals surface area (Å²) in [5.74, 6) is -0.793. The summed E-state index contributed by atoms with van der Waals surface area (Å²) in [6.45, 7) is 4.31. The van der Waals surface area contributed by atoms with Crippen molar-refractivity contribution in [2.75, 3.05) is 0 Å². The molecule has 0 radical (unpaired) electrons. The lowest BCUT2D eigenvalue weighted by Gasteiger charge is -2.17. The minimum absolute atomic E-state index is 0.0464. The van der Waals surface area contributed by atoms with E-state index in [1.54, 1.807) is 0 Å². The van der Waals surface area contributed by atoms with Crippen molar-refractivity contribution in [3.05, 3.63) is 109 Å². The minimum atomic E-state index is -0.720. The largest absolute Gasteiger partial charge is 0.481 e. The number of carboxylic acids is 1. The molecule has 0 aromatic heterocycles. The van der Waals surface area contributed by atoms with Gasteiger partial charge in [-0.15, -0.1) is 0 Å².